The maximum Gasteiger partial charge on any atom is 0.473 e. The summed E-state index contributed by atoms with van der Waals surface area (Å²) in [6, 6.07) is 0. The lowest BCUT2D eigenvalue weighted by atomic mass is 9.97. The van der Waals surface area contributed by atoms with Gasteiger partial charge < -0.3 is 14.6 Å². The van der Waals surface area contributed by atoms with E-state index in [2.05, 4.69) is 16.1 Å². The highest BCUT2D eigenvalue weighted by Gasteiger charge is 2.84. The second kappa shape index (κ2) is 10.5. The van der Waals surface area contributed by atoms with E-state index in [1.54, 1.807) is 7.11 Å². The van der Waals surface area contributed by atoms with Gasteiger partial charge in [-0.25, -0.2) is 9.18 Å². The molecule has 0 aliphatic heterocycles. The molecule has 0 aromatic heterocycles. The molecule has 1 atom stereocenters. The highest BCUT2D eigenvalue weighted by atomic mass is 19.4. The molecule has 0 aromatic rings. The summed E-state index contributed by atoms with van der Waals surface area (Å²) in [5.41, 5.74) is -1.02. The van der Waals surface area contributed by atoms with Gasteiger partial charge in [-0.05, 0) is 6.92 Å². The van der Waals surface area contributed by atoms with Gasteiger partial charge in [-0.3, -0.25) is 0 Å². The van der Waals surface area contributed by atoms with Crippen molar-refractivity contribution in [1.82, 2.24) is 0 Å². The van der Waals surface area contributed by atoms with E-state index >= 15 is 0 Å². The molecule has 0 saturated carbocycles. The molecule has 0 amide bonds. The zero-order valence-electron chi connectivity index (χ0n) is 15.1. The van der Waals surface area contributed by atoms with Crippen molar-refractivity contribution >= 4 is 5.97 Å². The Bertz CT molecular complexity index is 572. The number of ether oxygens (including phenoxy) is 2. The van der Waals surface area contributed by atoms with Crippen molar-refractivity contribution in [2.45, 2.75) is 49.6 Å². The molecule has 0 rings (SSSR count). The van der Waals surface area contributed by atoms with Gasteiger partial charge in [0.15, 0.2) is 6.17 Å². The third kappa shape index (κ3) is 7.52. The number of halogens is 12. The first kappa shape index (κ1) is 30.5. The molecule has 1 N–H and O–H groups in total. The maximum absolute atomic E-state index is 13.2. The smallest absolute Gasteiger partial charge is 0.394 e. The predicted octanol–water partition coefficient (Wildman–Crippen LogP) is 4.52. The summed E-state index contributed by atoms with van der Waals surface area (Å²) in [6.45, 7) is 3.79. The molecule has 4 nitrogen and oxygen atoms in total. The van der Waals surface area contributed by atoms with Crippen LogP contribution >= 0.6 is 0 Å². The number of rotatable bonds is 9. The molecule has 0 bridgehead atoms. The highest BCUT2D eigenvalue weighted by Crippen LogP contribution is 2.55. The van der Waals surface area contributed by atoms with Gasteiger partial charge >= 0.3 is 36.0 Å². The molecule has 1 unspecified atom stereocenters. The fourth-order valence-corrected chi connectivity index (χ4v) is 1.28. The van der Waals surface area contributed by atoms with Crippen molar-refractivity contribution in [3.05, 3.63) is 12.2 Å². The normalized spacial score (nSPS) is 14.5. The number of carbonyl (C=O) groups is 1. The van der Waals surface area contributed by atoms with Crippen LogP contribution in [0.2, 0.25) is 0 Å². The van der Waals surface area contributed by atoms with E-state index in [0.29, 0.717) is 13.5 Å². The number of carbonyl (C=O) groups excluding carboxylic acids is 1. The van der Waals surface area contributed by atoms with Gasteiger partial charge in [0.2, 0.25) is 0 Å². The van der Waals surface area contributed by atoms with Crippen LogP contribution in [0.5, 0.6) is 0 Å². The Hall–Kier alpha value is -1.71. The minimum atomic E-state index is -7.36. The van der Waals surface area contributed by atoms with E-state index in [1.165, 1.54) is 0 Å². The Balaban J connectivity index is 0. The van der Waals surface area contributed by atoms with Crippen LogP contribution < -0.4 is 0 Å². The van der Waals surface area contributed by atoms with Crippen LogP contribution in [0.15, 0.2) is 12.2 Å². The molecule has 0 aromatic carbocycles. The summed E-state index contributed by atoms with van der Waals surface area (Å²) in [5, 5.41) is 7.94. The standard InChI is InChI=1S/C11H8F12O2.C3H8O2/c1-4(2)6(24)25-11(22,23)10(20,21)9(18,19)8(16,17)5(12)3-7(13,14)15;1-5-3-2-4/h5H,1,3H2,2H3;4H,2-3H2,1H3. The summed E-state index contributed by atoms with van der Waals surface area (Å²) < 4.78 is 160. The summed E-state index contributed by atoms with van der Waals surface area (Å²) in [4.78, 5) is 10.7. The molecule has 0 saturated heterocycles. The molecular weight excluding hydrogens is 460 g/mol. The summed E-state index contributed by atoms with van der Waals surface area (Å²) in [7, 11) is 1.55. The van der Waals surface area contributed by atoms with Gasteiger partial charge in [-0.15, -0.1) is 0 Å². The second-order valence-corrected chi connectivity index (χ2v) is 5.46. The van der Waals surface area contributed by atoms with Gasteiger partial charge in [0.25, 0.3) is 0 Å². The van der Waals surface area contributed by atoms with Crippen molar-refractivity contribution < 1.29 is 72.1 Å². The van der Waals surface area contributed by atoms with Crippen LogP contribution in [0, 0.1) is 0 Å². The Morgan fingerprint density at radius 1 is 0.967 bits per heavy atom. The van der Waals surface area contributed by atoms with Gasteiger partial charge in [0.1, 0.15) is 0 Å². The first-order valence-electron chi connectivity index (χ1n) is 7.33. The van der Waals surface area contributed by atoms with Crippen molar-refractivity contribution in [3.8, 4) is 0 Å². The average molecular weight is 476 g/mol. The van der Waals surface area contributed by atoms with Crippen LogP contribution in [0.1, 0.15) is 13.3 Å². The first-order chi connectivity index (χ1) is 13.1. The number of esters is 1. The average Bonchev–Trinajstić information content (AvgIpc) is 2.53. The fourth-order valence-electron chi connectivity index (χ4n) is 1.28. The highest BCUT2D eigenvalue weighted by molar-refractivity contribution is 5.87. The van der Waals surface area contributed by atoms with E-state index < -0.39 is 54.2 Å². The van der Waals surface area contributed by atoms with Gasteiger partial charge in [0, 0.05) is 12.7 Å². The molecular formula is C14H16F12O4. The lowest BCUT2D eigenvalue weighted by molar-refractivity contribution is -0.422. The number of aliphatic hydroxyl groups excluding tert-OH is 1. The molecule has 180 valence electrons. The van der Waals surface area contributed by atoms with E-state index in [9.17, 15) is 57.5 Å². The molecule has 0 radical (unpaired) electrons. The molecule has 0 fully saturated rings. The van der Waals surface area contributed by atoms with E-state index in [1.807, 2.05) is 0 Å². The number of methoxy groups -OCH3 is 1. The summed E-state index contributed by atoms with van der Waals surface area (Å²) in [5.74, 6) is -23.9. The van der Waals surface area contributed by atoms with Gasteiger partial charge in [-0.2, -0.15) is 48.3 Å². The Morgan fingerprint density at radius 2 is 1.40 bits per heavy atom. The Kier molecular flexibility index (Phi) is 10.7. The SMILES string of the molecule is C=C(C)C(=O)OC(F)(F)C(F)(F)C(F)(F)C(F)(F)C(F)CC(F)(F)F.COCCO. The third-order valence-electron chi connectivity index (χ3n) is 2.85. The van der Waals surface area contributed by atoms with Crippen molar-refractivity contribution in [1.29, 1.82) is 0 Å². The lowest BCUT2D eigenvalue weighted by Crippen LogP contribution is -2.65. The first-order valence-corrected chi connectivity index (χ1v) is 7.33. The zero-order chi connectivity index (χ0) is 24.8. The monoisotopic (exact) mass is 476 g/mol. The Morgan fingerprint density at radius 3 is 1.67 bits per heavy atom. The quantitative estimate of drug-likeness (QED) is 0.302. The fraction of sp³-hybridized carbons (Fsp3) is 0.786. The van der Waals surface area contributed by atoms with Crippen LogP contribution in [-0.2, 0) is 14.3 Å². The molecule has 0 aliphatic rings. The number of hydrogen-bond donors (Lipinski definition) is 1. The third-order valence-corrected chi connectivity index (χ3v) is 2.85. The van der Waals surface area contributed by atoms with Crippen LogP contribution in [0.3, 0.4) is 0 Å². The second-order valence-electron chi connectivity index (χ2n) is 5.46. The van der Waals surface area contributed by atoms with Crippen molar-refractivity contribution in [2.75, 3.05) is 20.3 Å². The molecule has 0 heterocycles. The molecule has 0 spiro atoms. The van der Waals surface area contributed by atoms with Crippen molar-refractivity contribution in [2.24, 2.45) is 0 Å². The minimum Gasteiger partial charge on any atom is -0.394 e. The summed E-state index contributed by atoms with van der Waals surface area (Å²) in [6.07, 6.45) is -20.7. The zero-order valence-corrected chi connectivity index (χ0v) is 15.1. The van der Waals surface area contributed by atoms with E-state index in [4.69, 9.17) is 5.11 Å². The van der Waals surface area contributed by atoms with Crippen LogP contribution in [-0.4, -0.2) is 67.6 Å². The van der Waals surface area contributed by atoms with Gasteiger partial charge in [0.05, 0.1) is 19.6 Å². The molecule has 0 aliphatic carbocycles. The summed E-state index contributed by atoms with van der Waals surface area (Å²) >= 11 is 0. The van der Waals surface area contributed by atoms with E-state index in [0.717, 1.165) is 0 Å². The topological polar surface area (TPSA) is 55.8 Å². The van der Waals surface area contributed by atoms with Crippen LogP contribution in [0.25, 0.3) is 0 Å². The maximum atomic E-state index is 13.2. The van der Waals surface area contributed by atoms with Gasteiger partial charge in [-0.1, -0.05) is 6.58 Å². The van der Waals surface area contributed by atoms with Crippen LogP contribution in [0.4, 0.5) is 52.7 Å². The van der Waals surface area contributed by atoms with Crippen molar-refractivity contribution in [3.63, 3.8) is 0 Å². The minimum absolute atomic E-state index is 0.122. The number of hydrogen-bond acceptors (Lipinski definition) is 4. The largest absolute Gasteiger partial charge is 0.473 e. The molecule has 30 heavy (non-hydrogen) atoms. The molecule has 16 heteroatoms. The number of alkyl halides is 12. The Labute approximate surface area is 161 Å². The van der Waals surface area contributed by atoms with E-state index in [-0.39, 0.29) is 6.61 Å². The lowest BCUT2D eigenvalue weighted by Gasteiger charge is -2.37. The number of aliphatic hydroxyl groups is 1. The predicted molar refractivity (Wildman–Crippen MR) is 75.2 cm³/mol.